The minimum Gasteiger partial charge on any atom is -0.465 e. The number of aromatic nitrogens is 4. The molecule has 1 aromatic carbocycles. The van der Waals surface area contributed by atoms with Crippen molar-refractivity contribution in [1.82, 2.24) is 24.6 Å². The summed E-state index contributed by atoms with van der Waals surface area (Å²) >= 11 is 0. The van der Waals surface area contributed by atoms with Crippen molar-refractivity contribution in [3.8, 4) is 5.75 Å². The van der Waals surface area contributed by atoms with Gasteiger partial charge in [0.15, 0.2) is 11.5 Å². The maximum absolute atomic E-state index is 13.6. The van der Waals surface area contributed by atoms with Crippen molar-refractivity contribution in [2.45, 2.75) is 31.9 Å². The number of carbonyl (C=O) groups excluding carboxylic acids is 1. The first-order valence-electron chi connectivity index (χ1n) is 10.8. The zero-order chi connectivity index (χ0) is 24.2. The molecule has 180 valence electrons. The number of hydrogen-bond donors (Lipinski definition) is 2. The van der Waals surface area contributed by atoms with Crippen LogP contribution < -0.4 is 15.3 Å². The van der Waals surface area contributed by atoms with Gasteiger partial charge in [-0.05, 0) is 26.0 Å². The lowest BCUT2D eigenvalue weighted by Crippen LogP contribution is -2.31. The Balaban J connectivity index is 1.46. The molecular formula is C22H27N6O5P. The van der Waals surface area contributed by atoms with Crippen LogP contribution in [0.5, 0.6) is 5.75 Å². The Labute approximate surface area is 196 Å². The van der Waals surface area contributed by atoms with Crippen molar-refractivity contribution in [3.05, 3.63) is 55.1 Å². The number of rotatable bonds is 10. The number of para-hydroxylation sites is 1. The number of benzene rings is 1. The summed E-state index contributed by atoms with van der Waals surface area (Å²) in [4.78, 5) is 24.4. The third kappa shape index (κ3) is 5.44. The number of ether oxygens (including phenoxy) is 2. The standard InChI is InChI=1S/C22H27N6O5P/c1-3-31-18(29)12-27-34(30,33-17-7-5-4-6-8-17)15-32-22(2)10-9-16(11-22)28-14-26-19-20(23)24-13-25-21(19)28/h4-10,13-14,16H,3,11-12,15H2,1-2H3,(H,27,30)(H2,23,24,25)/t16?,22-,34?/m1/s1. The molecule has 4 rings (SSSR count). The van der Waals surface area contributed by atoms with Crippen LogP contribution in [0.2, 0.25) is 0 Å². The van der Waals surface area contributed by atoms with Gasteiger partial charge in [-0.25, -0.2) is 20.0 Å². The van der Waals surface area contributed by atoms with Gasteiger partial charge in [-0.15, -0.1) is 0 Å². The van der Waals surface area contributed by atoms with Gasteiger partial charge >= 0.3 is 13.5 Å². The van der Waals surface area contributed by atoms with E-state index in [-0.39, 0.29) is 25.5 Å². The molecule has 0 radical (unpaired) electrons. The molecule has 3 N–H and O–H groups in total. The highest BCUT2D eigenvalue weighted by Crippen LogP contribution is 2.45. The van der Waals surface area contributed by atoms with Crippen LogP contribution in [-0.4, -0.2) is 50.6 Å². The molecular weight excluding hydrogens is 459 g/mol. The van der Waals surface area contributed by atoms with Gasteiger partial charge in [0, 0.05) is 6.42 Å². The highest BCUT2D eigenvalue weighted by Gasteiger charge is 2.36. The number of carbonyl (C=O) groups is 1. The maximum Gasteiger partial charge on any atom is 0.342 e. The van der Waals surface area contributed by atoms with Crippen LogP contribution in [-0.2, 0) is 18.8 Å². The molecule has 3 aromatic rings. The van der Waals surface area contributed by atoms with Gasteiger partial charge in [0.25, 0.3) is 0 Å². The van der Waals surface area contributed by atoms with E-state index in [1.165, 1.54) is 6.33 Å². The summed E-state index contributed by atoms with van der Waals surface area (Å²) in [6, 6.07) is 8.63. The average molecular weight is 486 g/mol. The quantitative estimate of drug-likeness (QED) is 0.249. The molecule has 12 heteroatoms. The molecule has 0 saturated heterocycles. The van der Waals surface area contributed by atoms with Crippen LogP contribution in [0.3, 0.4) is 0 Å². The van der Waals surface area contributed by atoms with Gasteiger partial charge in [-0.2, -0.15) is 0 Å². The van der Waals surface area contributed by atoms with Crippen LogP contribution >= 0.6 is 7.52 Å². The molecule has 0 spiro atoms. The van der Waals surface area contributed by atoms with Gasteiger partial charge in [0.05, 0.1) is 24.6 Å². The Hall–Kier alpha value is -3.27. The van der Waals surface area contributed by atoms with Crippen molar-refractivity contribution in [2.24, 2.45) is 0 Å². The molecule has 3 atom stereocenters. The molecule has 2 aromatic heterocycles. The van der Waals surface area contributed by atoms with E-state index in [1.54, 1.807) is 37.5 Å². The number of nitrogens with zero attached hydrogens (tertiary/aromatic N) is 4. The van der Waals surface area contributed by atoms with Gasteiger partial charge in [0.2, 0.25) is 0 Å². The van der Waals surface area contributed by atoms with Crippen molar-refractivity contribution >= 4 is 30.5 Å². The molecule has 0 aliphatic heterocycles. The zero-order valence-electron chi connectivity index (χ0n) is 19.0. The number of nitrogens with two attached hydrogens (primary N) is 1. The fourth-order valence-electron chi connectivity index (χ4n) is 3.66. The first-order chi connectivity index (χ1) is 16.3. The minimum atomic E-state index is -3.60. The lowest BCUT2D eigenvalue weighted by molar-refractivity contribution is -0.141. The number of esters is 1. The van der Waals surface area contributed by atoms with Crippen LogP contribution in [0, 0.1) is 0 Å². The number of imidazole rings is 1. The largest absolute Gasteiger partial charge is 0.465 e. The highest BCUT2D eigenvalue weighted by molar-refractivity contribution is 7.57. The second-order valence-corrected chi connectivity index (χ2v) is 10.1. The monoisotopic (exact) mass is 486 g/mol. The molecule has 1 aliphatic rings. The fourth-order valence-corrected chi connectivity index (χ4v) is 5.17. The summed E-state index contributed by atoms with van der Waals surface area (Å²) in [6.45, 7) is 3.56. The molecule has 11 nitrogen and oxygen atoms in total. The van der Waals surface area contributed by atoms with E-state index in [0.717, 1.165) is 0 Å². The molecule has 0 fully saturated rings. The Morgan fingerprint density at radius 1 is 1.29 bits per heavy atom. The fraction of sp³-hybridized carbons (Fsp3) is 0.364. The second kappa shape index (κ2) is 9.92. The maximum atomic E-state index is 13.6. The van der Waals surface area contributed by atoms with Crippen LogP contribution in [0.1, 0.15) is 26.3 Å². The first kappa shape index (κ1) is 23.9. The van der Waals surface area contributed by atoms with Crippen molar-refractivity contribution in [2.75, 3.05) is 25.2 Å². The lowest BCUT2D eigenvalue weighted by atomic mass is 10.1. The number of fused-ring (bicyclic) bond motifs is 1. The van der Waals surface area contributed by atoms with Crippen LogP contribution in [0.15, 0.2) is 55.1 Å². The second-order valence-electron chi connectivity index (χ2n) is 8.02. The van der Waals surface area contributed by atoms with E-state index in [4.69, 9.17) is 19.7 Å². The minimum absolute atomic E-state index is 0.0915. The summed E-state index contributed by atoms with van der Waals surface area (Å²) in [6.07, 6.45) is 7.25. The first-order valence-corrected chi connectivity index (χ1v) is 12.6. The smallest absolute Gasteiger partial charge is 0.342 e. The molecule has 1 aliphatic carbocycles. The van der Waals surface area contributed by atoms with Crippen LogP contribution in [0.25, 0.3) is 11.2 Å². The van der Waals surface area contributed by atoms with Gasteiger partial charge in [-0.3, -0.25) is 9.36 Å². The zero-order valence-corrected chi connectivity index (χ0v) is 19.9. The van der Waals surface area contributed by atoms with E-state index < -0.39 is 19.1 Å². The molecule has 0 amide bonds. The Bertz CT molecular complexity index is 1230. The molecule has 0 saturated carbocycles. The molecule has 2 unspecified atom stereocenters. The summed E-state index contributed by atoms with van der Waals surface area (Å²) in [5.41, 5.74) is 6.32. The van der Waals surface area contributed by atoms with Gasteiger partial charge in [0.1, 0.15) is 30.5 Å². The van der Waals surface area contributed by atoms with E-state index in [1.807, 2.05) is 29.7 Å². The van der Waals surface area contributed by atoms with Crippen molar-refractivity contribution in [3.63, 3.8) is 0 Å². The number of nitrogens with one attached hydrogen (secondary N) is 1. The number of allylic oxidation sites excluding steroid dienone is 1. The molecule has 2 heterocycles. The van der Waals surface area contributed by atoms with Gasteiger partial charge in [-0.1, -0.05) is 30.4 Å². The summed E-state index contributed by atoms with van der Waals surface area (Å²) in [5.74, 6) is 0.189. The molecule has 34 heavy (non-hydrogen) atoms. The summed E-state index contributed by atoms with van der Waals surface area (Å²) < 4.78 is 32.3. The summed E-state index contributed by atoms with van der Waals surface area (Å²) in [7, 11) is -3.60. The van der Waals surface area contributed by atoms with Crippen molar-refractivity contribution < 1.29 is 23.4 Å². The molecule has 0 bridgehead atoms. The predicted molar refractivity (Wildman–Crippen MR) is 126 cm³/mol. The van der Waals surface area contributed by atoms with E-state index in [0.29, 0.717) is 29.2 Å². The average Bonchev–Trinajstić information content (AvgIpc) is 3.43. The Kier molecular flexibility index (Phi) is 6.97. The normalized spacial score (nSPS) is 21.4. The third-order valence-corrected chi connectivity index (χ3v) is 6.97. The topological polar surface area (TPSA) is 143 Å². The SMILES string of the molecule is CCOC(=O)CNP(=O)(CO[C@]1(C)C=CC(n2cnc3c(N)ncnc32)C1)Oc1ccccc1. The third-order valence-electron chi connectivity index (χ3n) is 5.36. The van der Waals surface area contributed by atoms with Crippen molar-refractivity contribution in [1.29, 1.82) is 0 Å². The lowest BCUT2D eigenvalue weighted by Gasteiger charge is -2.28. The number of nitrogen functional groups attached to an aromatic ring is 1. The summed E-state index contributed by atoms with van der Waals surface area (Å²) in [5, 5.41) is 2.70. The Morgan fingerprint density at radius 3 is 2.85 bits per heavy atom. The Morgan fingerprint density at radius 2 is 2.09 bits per heavy atom. The number of hydrogen-bond acceptors (Lipinski definition) is 9. The van der Waals surface area contributed by atoms with E-state index in [2.05, 4.69) is 20.0 Å². The number of anilines is 1. The van der Waals surface area contributed by atoms with E-state index >= 15 is 0 Å². The van der Waals surface area contributed by atoms with E-state index in [9.17, 15) is 9.36 Å². The predicted octanol–water partition coefficient (Wildman–Crippen LogP) is 3.07. The van der Waals surface area contributed by atoms with Crippen LogP contribution in [0.4, 0.5) is 5.82 Å². The van der Waals surface area contributed by atoms with Gasteiger partial charge < -0.3 is 24.3 Å². The highest BCUT2D eigenvalue weighted by atomic mass is 31.2.